The Bertz CT molecular complexity index is 996. The second kappa shape index (κ2) is 9.02. The Kier molecular flexibility index (Phi) is 6.66. The lowest BCUT2D eigenvalue weighted by Crippen LogP contribution is -2.45. The van der Waals surface area contributed by atoms with Gasteiger partial charge in [0.1, 0.15) is 6.04 Å². The average Bonchev–Trinajstić information content (AvgIpc) is 3.23. The number of carbonyl (C=O) groups excluding carboxylic acids is 1. The van der Waals surface area contributed by atoms with Gasteiger partial charge in [-0.15, -0.1) is 0 Å². The summed E-state index contributed by atoms with van der Waals surface area (Å²) < 4.78 is 38.0. The fourth-order valence-electron chi connectivity index (χ4n) is 3.34. The van der Waals surface area contributed by atoms with Crippen LogP contribution in [-0.4, -0.2) is 45.4 Å². The molecule has 0 saturated carbocycles. The Morgan fingerprint density at radius 3 is 2.59 bits per heavy atom. The molecule has 1 aliphatic heterocycles. The maximum absolute atomic E-state index is 13.2. The highest BCUT2D eigenvalue weighted by molar-refractivity contribution is 7.89. The van der Waals surface area contributed by atoms with Crippen molar-refractivity contribution in [2.45, 2.75) is 30.3 Å². The third kappa shape index (κ3) is 4.49. The van der Waals surface area contributed by atoms with E-state index < -0.39 is 16.1 Å². The number of methoxy groups -OCH3 is 2. The summed E-state index contributed by atoms with van der Waals surface area (Å²) in [6, 6.07) is 10.8. The van der Waals surface area contributed by atoms with Gasteiger partial charge in [-0.1, -0.05) is 29.8 Å². The molecule has 9 heteroatoms. The molecule has 1 N–H and O–H groups in total. The van der Waals surface area contributed by atoms with Gasteiger partial charge in [-0.05, 0) is 36.6 Å². The average molecular weight is 439 g/mol. The molecule has 0 bridgehead atoms. The number of benzene rings is 2. The van der Waals surface area contributed by atoms with Crippen LogP contribution in [0.15, 0.2) is 47.4 Å². The van der Waals surface area contributed by atoms with Gasteiger partial charge in [-0.3, -0.25) is 4.79 Å². The fourth-order valence-corrected chi connectivity index (χ4v) is 5.22. The molecule has 1 aliphatic rings. The Balaban J connectivity index is 1.78. The molecule has 3 rings (SSSR count). The molecule has 0 spiro atoms. The summed E-state index contributed by atoms with van der Waals surface area (Å²) in [6.45, 7) is 0.514. The van der Waals surface area contributed by atoms with Gasteiger partial charge in [0, 0.05) is 24.2 Å². The molecule has 156 valence electrons. The monoisotopic (exact) mass is 438 g/mol. The van der Waals surface area contributed by atoms with E-state index >= 15 is 0 Å². The maximum atomic E-state index is 13.2. The lowest BCUT2D eigenvalue weighted by Gasteiger charge is -2.24. The number of amides is 1. The Morgan fingerprint density at radius 1 is 1.17 bits per heavy atom. The van der Waals surface area contributed by atoms with Crippen LogP contribution in [0.4, 0.5) is 0 Å². The van der Waals surface area contributed by atoms with Gasteiger partial charge in [0.2, 0.25) is 15.9 Å². The van der Waals surface area contributed by atoms with E-state index in [0.29, 0.717) is 29.4 Å². The topological polar surface area (TPSA) is 84.9 Å². The van der Waals surface area contributed by atoms with Crippen molar-refractivity contribution in [1.82, 2.24) is 9.62 Å². The lowest BCUT2D eigenvalue weighted by molar-refractivity contribution is -0.124. The third-order valence-corrected chi connectivity index (χ3v) is 7.15. The number of sulfonamides is 1. The van der Waals surface area contributed by atoms with Crippen molar-refractivity contribution in [2.24, 2.45) is 0 Å². The molecule has 2 aromatic rings. The van der Waals surface area contributed by atoms with Gasteiger partial charge in [0.25, 0.3) is 0 Å². The molecule has 1 heterocycles. The van der Waals surface area contributed by atoms with Crippen LogP contribution in [0.2, 0.25) is 5.02 Å². The van der Waals surface area contributed by atoms with Crippen LogP contribution in [-0.2, 0) is 21.4 Å². The number of hydrogen-bond acceptors (Lipinski definition) is 5. The van der Waals surface area contributed by atoms with E-state index in [4.69, 9.17) is 21.1 Å². The van der Waals surface area contributed by atoms with E-state index in [9.17, 15) is 13.2 Å². The summed E-state index contributed by atoms with van der Waals surface area (Å²) in [6.07, 6.45) is 1.07. The van der Waals surface area contributed by atoms with Crippen LogP contribution < -0.4 is 14.8 Å². The van der Waals surface area contributed by atoms with E-state index in [1.807, 2.05) is 18.2 Å². The lowest BCUT2D eigenvalue weighted by atomic mass is 10.2. The first-order chi connectivity index (χ1) is 13.9. The first-order valence-corrected chi connectivity index (χ1v) is 10.9. The molecule has 1 unspecified atom stereocenters. The van der Waals surface area contributed by atoms with Gasteiger partial charge < -0.3 is 14.8 Å². The van der Waals surface area contributed by atoms with Gasteiger partial charge in [0.15, 0.2) is 11.5 Å². The van der Waals surface area contributed by atoms with Crippen molar-refractivity contribution in [2.75, 3.05) is 20.8 Å². The first kappa shape index (κ1) is 21.4. The zero-order valence-electron chi connectivity index (χ0n) is 16.2. The summed E-state index contributed by atoms with van der Waals surface area (Å²) in [5, 5.41) is 3.35. The number of hydrogen-bond donors (Lipinski definition) is 1. The van der Waals surface area contributed by atoms with Crippen LogP contribution in [0.25, 0.3) is 0 Å². The number of halogens is 1. The summed E-state index contributed by atoms with van der Waals surface area (Å²) in [5.41, 5.74) is 0.773. The highest BCUT2D eigenvalue weighted by Gasteiger charge is 2.39. The van der Waals surface area contributed by atoms with Crippen molar-refractivity contribution in [3.05, 3.63) is 53.1 Å². The minimum atomic E-state index is -3.87. The van der Waals surface area contributed by atoms with Crippen LogP contribution in [0, 0.1) is 0 Å². The van der Waals surface area contributed by atoms with Crippen molar-refractivity contribution in [3.8, 4) is 11.5 Å². The van der Waals surface area contributed by atoms with Crippen LogP contribution in [0.1, 0.15) is 18.4 Å². The van der Waals surface area contributed by atoms with E-state index in [1.54, 1.807) is 6.07 Å². The predicted molar refractivity (Wildman–Crippen MR) is 110 cm³/mol. The number of ether oxygens (including phenoxy) is 2. The van der Waals surface area contributed by atoms with Gasteiger partial charge in [-0.2, -0.15) is 4.31 Å². The molecule has 1 amide bonds. The molecule has 2 aromatic carbocycles. The quantitative estimate of drug-likeness (QED) is 0.718. The van der Waals surface area contributed by atoms with E-state index in [2.05, 4.69) is 5.32 Å². The first-order valence-electron chi connectivity index (χ1n) is 9.13. The minimum Gasteiger partial charge on any atom is -0.493 e. The molecule has 0 radical (unpaired) electrons. The summed E-state index contributed by atoms with van der Waals surface area (Å²) in [7, 11) is -0.953. The molecular weight excluding hydrogens is 416 g/mol. The summed E-state index contributed by atoms with van der Waals surface area (Å²) in [4.78, 5) is 12.8. The smallest absolute Gasteiger partial charge is 0.243 e. The van der Waals surface area contributed by atoms with Gasteiger partial charge in [-0.25, -0.2) is 8.42 Å². The van der Waals surface area contributed by atoms with Crippen LogP contribution in [0.3, 0.4) is 0 Å². The zero-order valence-corrected chi connectivity index (χ0v) is 17.8. The van der Waals surface area contributed by atoms with E-state index in [-0.39, 0.29) is 23.9 Å². The van der Waals surface area contributed by atoms with Crippen molar-refractivity contribution < 1.29 is 22.7 Å². The van der Waals surface area contributed by atoms with Gasteiger partial charge >= 0.3 is 0 Å². The molecule has 0 aliphatic carbocycles. The van der Waals surface area contributed by atoms with Crippen molar-refractivity contribution >= 4 is 27.5 Å². The molecule has 1 atom stereocenters. The van der Waals surface area contributed by atoms with Crippen LogP contribution in [0.5, 0.6) is 11.5 Å². The minimum absolute atomic E-state index is 0.0564. The highest BCUT2D eigenvalue weighted by Crippen LogP contribution is 2.33. The largest absolute Gasteiger partial charge is 0.493 e. The number of rotatable bonds is 7. The second-order valence-electron chi connectivity index (χ2n) is 6.60. The molecule has 1 saturated heterocycles. The Morgan fingerprint density at radius 2 is 1.90 bits per heavy atom. The zero-order chi connectivity index (χ0) is 21.0. The third-order valence-electron chi connectivity index (χ3n) is 4.88. The van der Waals surface area contributed by atoms with E-state index in [0.717, 1.165) is 5.56 Å². The molecule has 29 heavy (non-hydrogen) atoms. The molecule has 1 fully saturated rings. The fraction of sp³-hybridized carbons (Fsp3) is 0.350. The normalized spacial score (nSPS) is 17.1. The SMILES string of the molecule is COc1ccc(S(=O)(=O)N2CCCC2C(=O)NCc2ccccc2Cl)cc1OC. The number of carbonyl (C=O) groups is 1. The second-order valence-corrected chi connectivity index (χ2v) is 8.90. The molecule has 7 nitrogen and oxygen atoms in total. The van der Waals surface area contributed by atoms with E-state index in [1.165, 1.54) is 36.7 Å². The molecule has 0 aromatic heterocycles. The summed E-state index contributed by atoms with van der Waals surface area (Å²) in [5.74, 6) is 0.404. The van der Waals surface area contributed by atoms with Gasteiger partial charge in [0.05, 0.1) is 19.1 Å². The Labute approximate surface area is 175 Å². The number of nitrogens with zero attached hydrogens (tertiary/aromatic N) is 1. The maximum Gasteiger partial charge on any atom is 0.243 e. The number of nitrogens with one attached hydrogen (secondary N) is 1. The molecular formula is C20H23ClN2O5S. The summed E-state index contributed by atoms with van der Waals surface area (Å²) >= 11 is 6.12. The highest BCUT2D eigenvalue weighted by atomic mass is 35.5. The van der Waals surface area contributed by atoms with Crippen LogP contribution >= 0.6 is 11.6 Å². The Hall–Kier alpha value is -2.29. The standard InChI is InChI=1S/C20H23ClN2O5S/c1-27-18-10-9-15(12-19(18)28-2)29(25,26)23-11-5-8-17(23)20(24)22-13-14-6-3-4-7-16(14)21/h3-4,6-7,9-10,12,17H,5,8,11,13H2,1-2H3,(H,22,24). The van der Waals surface area contributed by atoms with Crippen molar-refractivity contribution in [1.29, 1.82) is 0 Å². The predicted octanol–water partition coefficient (Wildman–Crippen LogP) is 2.83. The van der Waals surface area contributed by atoms with Crippen molar-refractivity contribution in [3.63, 3.8) is 0 Å².